The monoisotopic (exact) mass is 277 g/mol. The second-order valence-corrected chi connectivity index (χ2v) is 4.51. The summed E-state index contributed by atoms with van der Waals surface area (Å²) in [6, 6.07) is 6.46. The Balaban J connectivity index is 2.63. The molecule has 1 aromatic rings. The molecule has 0 N–H and O–H groups in total. The number of nitrogens with zero attached hydrogens (tertiary/aromatic N) is 1. The zero-order chi connectivity index (χ0) is 14.2. The molecular formula is C14H12ClNO3. The van der Waals surface area contributed by atoms with Crippen LogP contribution in [0.2, 0.25) is 0 Å². The second-order valence-electron chi connectivity index (χ2n) is 4.13. The van der Waals surface area contributed by atoms with Crippen molar-refractivity contribution in [2.45, 2.75) is 13.8 Å². The molecule has 98 valence electrons. The van der Waals surface area contributed by atoms with Crippen LogP contribution in [0.25, 0.3) is 0 Å². The third kappa shape index (κ3) is 2.08. The number of rotatable bonds is 2. The van der Waals surface area contributed by atoms with Crippen LogP contribution in [0.5, 0.6) is 0 Å². The van der Waals surface area contributed by atoms with Crippen molar-refractivity contribution in [3.63, 3.8) is 0 Å². The zero-order valence-electron chi connectivity index (χ0n) is 10.6. The van der Waals surface area contributed by atoms with Gasteiger partial charge in [-0.05, 0) is 6.92 Å². The summed E-state index contributed by atoms with van der Waals surface area (Å²) in [7, 11) is 0. The van der Waals surface area contributed by atoms with Gasteiger partial charge >= 0.3 is 0 Å². The molecule has 5 heteroatoms. The average molecular weight is 278 g/mol. The van der Waals surface area contributed by atoms with Crippen LogP contribution in [-0.2, 0) is 4.79 Å². The standard InChI is InChI=1S/C14H12ClNO3/c1-3-16(8(2)17)12-11(15)13(18)9-6-4-5-7-10(9)14(12)19/h4-7H,3H2,1-2H3. The number of amides is 1. The van der Waals surface area contributed by atoms with E-state index in [1.807, 2.05) is 0 Å². The molecule has 0 saturated carbocycles. The average Bonchev–Trinajstić information content (AvgIpc) is 2.40. The summed E-state index contributed by atoms with van der Waals surface area (Å²) in [5.41, 5.74) is 0.535. The maximum Gasteiger partial charge on any atom is 0.223 e. The fourth-order valence-corrected chi connectivity index (χ4v) is 2.40. The molecule has 1 aromatic carbocycles. The summed E-state index contributed by atoms with van der Waals surface area (Å²) in [4.78, 5) is 37.3. The van der Waals surface area contributed by atoms with Gasteiger partial charge < -0.3 is 4.90 Å². The number of hydrogen-bond donors (Lipinski definition) is 0. The van der Waals surface area contributed by atoms with E-state index in [1.165, 1.54) is 11.8 Å². The van der Waals surface area contributed by atoms with Gasteiger partial charge in [0.05, 0.1) is 0 Å². The molecule has 19 heavy (non-hydrogen) atoms. The Morgan fingerprint density at radius 2 is 1.68 bits per heavy atom. The van der Waals surface area contributed by atoms with Gasteiger partial charge in [-0.2, -0.15) is 0 Å². The highest BCUT2D eigenvalue weighted by Crippen LogP contribution is 2.30. The Morgan fingerprint density at radius 3 is 2.16 bits per heavy atom. The van der Waals surface area contributed by atoms with Crippen LogP contribution in [0, 0.1) is 0 Å². The lowest BCUT2D eigenvalue weighted by Crippen LogP contribution is -2.36. The van der Waals surface area contributed by atoms with Crippen LogP contribution in [-0.4, -0.2) is 28.9 Å². The molecule has 1 aliphatic rings. The molecule has 0 atom stereocenters. The summed E-state index contributed by atoms with van der Waals surface area (Å²) >= 11 is 5.99. The summed E-state index contributed by atoms with van der Waals surface area (Å²) < 4.78 is 0. The van der Waals surface area contributed by atoms with E-state index in [9.17, 15) is 14.4 Å². The van der Waals surface area contributed by atoms with E-state index < -0.39 is 11.6 Å². The topological polar surface area (TPSA) is 54.5 Å². The first-order valence-electron chi connectivity index (χ1n) is 5.85. The lowest BCUT2D eigenvalue weighted by atomic mass is 9.92. The summed E-state index contributed by atoms with van der Waals surface area (Å²) in [6.07, 6.45) is 0. The fraction of sp³-hybridized carbons (Fsp3) is 0.214. The number of hydrogen-bond acceptors (Lipinski definition) is 3. The fourth-order valence-electron chi connectivity index (χ4n) is 2.11. The molecular weight excluding hydrogens is 266 g/mol. The molecule has 0 heterocycles. The van der Waals surface area contributed by atoms with Gasteiger partial charge in [0.2, 0.25) is 17.5 Å². The van der Waals surface area contributed by atoms with Crippen LogP contribution in [0.4, 0.5) is 0 Å². The molecule has 1 amide bonds. The molecule has 0 saturated heterocycles. The Morgan fingerprint density at radius 1 is 1.16 bits per heavy atom. The van der Waals surface area contributed by atoms with Crippen molar-refractivity contribution >= 4 is 29.1 Å². The van der Waals surface area contributed by atoms with Gasteiger partial charge in [0.15, 0.2) is 0 Å². The molecule has 0 unspecified atom stereocenters. The predicted molar refractivity (Wildman–Crippen MR) is 71.0 cm³/mol. The van der Waals surface area contributed by atoms with Crippen molar-refractivity contribution in [1.29, 1.82) is 0 Å². The number of fused-ring (bicyclic) bond motifs is 1. The first kappa shape index (κ1) is 13.5. The van der Waals surface area contributed by atoms with Crippen molar-refractivity contribution < 1.29 is 14.4 Å². The highest BCUT2D eigenvalue weighted by Gasteiger charge is 2.34. The molecule has 4 nitrogen and oxygen atoms in total. The van der Waals surface area contributed by atoms with Crippen LogP contribution >= 0.6 is 11.6 Å². The van der Waals surface area contributed by atoms with E-state index in [-0.39, 0.29) is 34.3 Å². The van der Waals surface area contributed by atoms with Crippen LogP contribution in [0.3, 0.4) is 0 Å². The van der Waals surface area contributed by atoms with Gasteiger partial charge in [-0.25, -0.2) is 0 Å². The maximum absolute atomic E-state index is 12.4. The largest absolute Gasteiger partial charge is 0.308 e. The Labute approximate surface area is 115 Å². The van der Waals surface area contributed by atoms with E-state index >= 15 is 0 Å². The number of likely N-dealkylation sites (N-methyl/N-ethyl adjacent to an activating group) is 1. The first-order chi connectivity index (χ1) is 8.99. The van der Waals surface area contributed by atoms with E-state index in [0.717, 1.165) is 0 Å². The minimum atomic E-state index is -0.424. The van der Waals surface area contributed by atoms with Gasteiger partial charge in [-0.1, -0.05) is 35.9 Å². The molecule has 1 aliphatic carbocycles. The predicted octanol–water partition coefficient (Wildman–Crippen LogP) is 2.38. The Kier molecular flexibility index (Phi) is 3.53. The SMILES string of the molecule is CCN(C(C)=O)C1=C(Cl)C(=O)c2ccccc2C1=O. The number of ketones is 2. The quantitative estimate of drug-likeness (QED) is 0.834. The van der Waals surface area contributed by atoms with E-state index in [1.54, 1.807) is 31.2 Å². The third-order valence-corrected chi connectivity index (χ3v) is 3.36. The van der Waals surface area contributed by atoms with Crippen molar-refractivity contribution in [2.75, 3.05) is 6.54 Å². The minimum absolute atomic E-state index is 0.0274. The molecule has 0 aliphatic heterocycles. The molecule has 0 fully saturated rings. The summed E-state index contributed by atoms with van der Waals surface area (Å²) in [5, 5.41) is -0.194. The van der Waals surface area contributed by atoms with Crippen molar-refractivity contribution in [2.24, 2.45) is 0 Å². The molecule has 2 rings (SSSR count). The maximum atomic E-state index is 12.4. The highest BCUT2D eigenvalue weighted by atomic mass is 35.5. The number of allylic oxidation sites excluding steroid dienone is 2. The summed E-state index contributed by atoms with van der Waals surface area (Å²) in [6.45, 7) is 3.33. The third-order valence-electron chi connectivity index (χ3n) is 3.00. The number of carbonyl (C=O) groups is 3. The Hall–Kier alpha value is -1.94. The molecule has 0 radical (unpaired) electrons. The van der Waals surface area contributed by atoms with E-state index in [2.05, 4.69) is 0 Å². The lowest BCUT2D eigenvalue weighted by molar-refractivity contribution is -0.126. The summed E-state index contributed by atoms with van der Waals surface area (Å²) in [5.74, 6) is -1.14. The van der Waals surface area contributed by atoms with E-state index in [4.69, 9.17) is 11.6 Å². The van der Waals surface area contributed by atoms with Crippen LogP contribution in [0.1, 0.15) is 34.6 Å². The van der Waals surface area contributed by atoms with Crippen molar-refractivity contribution in [3.05, 3.63) is 46.1 Å². The van der Waals surface area contributed by atoms with Crippen molar-refractivity contribution in [1.82, 2.24) is 4.90 Å². The smallest absolute Gasteiger partial charge is 0.223 e. The number of Topliss-reactive ketones (excluding diaryl/α,β-unsaturated/α-hetero) is 2. The van der Waals surface area contributed by atoms with Gasteiger partial charge in [-0.3, -0.25) is 14.4 Å². The lowest BCUT2D eigenvalue weighted by Gasteiger charge is -2.26. The van der Waals surface area contributed by atoms with Gasteiger partial charge in [0.1, 0.15) is 10.7 Å². The van der Waals surface area contributed by atoms with Crippen LogP contribution in [0.15, 0.2) is 35.0 Å². The van der Waals surface area contributed by atoms with Crippen LogP contribution < -0.4 is 0 Å². The number of carbonyl (C=O) groups excluding carboxylic acids is 3. The molecule has 0 spiro atoms. The molecule has 0 bridgehead atoms. The Bertz CT molecular complexity index is 619. The van der Waals surface area contributed by atoms with E-state index in [0.29, 0.717) is 0 Å². The van der Waals surface area contributed by atoms with Gasteiger partial charge in [0.25, 0.3) is 0 Å². The highest BCUT2D eigenvalue weighted by molar-refractivity contribution is 6.50. The van der Waals surface area contributed by atoms with Crippen molar-refractivity contribution in [3.8, 4) is 0 Å². The molecule has 0 aromatic heterocycles. The number of benzene rings is 1. The minimum Gasteiger partial charge on any atom is -0.308 e. The zero-order valence-corrected chi connectivity index (χ0v) is 11.3. The number of halogens is 1. The second kappa shape index (κ2) is 4.97. The van der Waals surface area contributed by atoms with Gasteiger partial charge in [0, 0.05) is 24.6 Å². The van der Waals surface area contributed by atoms with Gasteiger partial charge in [-0.15, -0.1) is 0 Å². The first-order valence-corrected chi connectivity index (χ1v) is 6.23. The normalized spacial score (nSPS) is 14.5.